The maximum absolute atomic E-state index is 11.1. The zero-order chi connectivity index (χ0) is 11.1. The Morgan fingerprint density at radius 2 is 2.13 bits per heavy atom. The van der Waals surface area contributed by atoms with Crippen molar-refractivity contribution in [1.82, 2.24) is 10.6 Å². The van der Waals surface area contributed by atoms with Gasteiger partial charge >= 0.3 is 6.03 Å². The van der Waals surface area contributed by atoms with Gasteiger partial charge in [0.25, 0.3) is 0 Å². The number of nitrogens with one attached hydrogen (secondary N) is 2. The standard InChI is InChI=1S/C9H13IN2O2S/c10-8-2-1-7(15-8)3-4-11-9(14)12-5-6-13/h1-2,13H,3-6H2,(H2,11,12,14). The number of aliphatic hydroxyl groups is 1. The number of hydrogen-bond donors (Lipinski definition) is 3. The quantitative estimate of drug-likeness (QED) is 0.705. The van der Waals surface area contributed by atoms with E-state index < -0.39 is 0 Å². The summed E-state index contributed by atoms with van der Waals surface area (Å²) >= 11 is 4.01. The third-order valence-electron chi connectivity index (χ3n) is 1.68. The van der Waals surface area contributed by atoms with Gasteiger partial charge in [0.1, 0.15) is 0 Å². The van der Waals surface area contributed by atoms with E-state index >= 15 is 0 Å². The van der Waals surface area contributed by atoms with Crippen molar-refractivity contribution in [2.45, 2.75) is 6.42 Å². The van der Waals surface area contributed by atoms with Crippen LogP contribution in [0, 0.1) is 2.88 Å². The van der Waals surface area contributed by atoms with E-state index in [0.29, 0.717) is 13.1 Å². The Labute approximate surface area is 106 Å². The van der Waals surface area contributed by atoms with Crippen molar-refractivity contribution in [1.29, 1.82) is 0 Å². The van der Waals surface area contributed by atoms with Gasteiger partial charge in [-0.15, -0.1) is 11.3 Å². The number of carbonyl (C=O) groups is 1. The van der Waals surface area contributed by atoms with Gasteiger partial charge in [0.2, 0.25) is 0 Å². The third kappa shape index (κ3) is 5.33. The predicted molar refractivity (Wildman–Crippen MR) is 69.2 cm³/mol. The first kappa shape index (κ1) is 12.7. The van der Waals surface area contributed by atoms with E-state index in [4.69, 9.17) is 5.11 Å². The maximum Gasteiger partial charge on any atom is 0.314 e. The highest BCUT2D eigenvalue weighted by atomic mass is 127. The van der Waals surface area contributed by atoms with Crippen LogP contribution in [0.4, 0.5) is 4.79 Å². The number of carbonyl (C=O) groups excluding carboxylic acids is 1. The molecule has 15 heavy (non-hydrogen) atoms. The van der Waals surface area contributed by atoms with Gasteiger partial charge < -0.3 is 15.7 Å². The molecule has 2 amide bonds. The Morgan fingerprint density at radius 3 is 2.73 bits per heavy atom. The molecule has 0 saturated carbocycles. The van der Waals surface area contributed by atoms with Gasteiger partial charge in [0.15, 0.2) is 0 Å². The van der Waals surface area contributed by atoms with E-state index in [1.807, 2.05) is 0 Å². The lowest BCUT2D eigenvalue weighted by molar-refractivity contribution is 0.234. The molecule has 84 valence electrons. The third-order valence-corrected chi connectivity index (χ3v) is 3.64. The van der Waals surface area contributed by atoms with Gasteiger partial charge in [-0.25, -0.2) is 4.79 Å². The smallest absolute Gasteiger partial charge is 0.314 e. The van der Waals surface area contributed by atoms with Gasteiger partial charge in [-0.3, -0.25) is 0 Å². The molecular formula is C9H13IN2O2S. The Hall–Kier alpha value is -0.340. The molecule has 1 rings (SSSR count). The molecule has 1 heterocycles. The highest BCUT2D eigenvalue weighted by Gasteiger charge is 2.00. The van der Waals surface area contributed by atoms with Gasteiger partial charge in [-0.2, -0.15) is 0 Å². The number of hydrogen-bond acceptors (Lipinski definition) is 3. The summed E-state index contributed by atoms with van der Waals surface area (Å²) < 4.78 is 1.26. The number of rotatable bonds is 5. The molecule has 0 unspecified atom stereocenters. The van der Waals surface area contributed by atoms with Crippen LogP contribution in [-0.2, 0) is 6.42 Å². The van der Waals surface area contributed by atoms with Crippen molar-refractivity contribution in [2.75, 3.05) is 19.7 Å². The zero-order valence-corrected chi connectivity index (χ0v) is 11.1. The summed E-state index contributed by atoms with van der Waals surface area (Å²) in [7, 11) is 0. The Kier molecular flexibility index (Phi) is 5.96. The first-order valence-electron chi connectivity index (χ1n) is 4.59. The minimum Gasteiger partial charge on any atom is -0.395 e. The Bertz CT molecular complexity index is 317. The van der Waals surface area contributed by atoms with Crippen LogP contribution in [0.5, 0.6) is 0 Å². The van der Waals surface area contributed by atoms with Crippen molar-refractivity contribution in [3.05, 3.63) is 19.9 Å². The maximum atomic E-state index is 11.1. The summed E-state index contributed by atoms with van der Waals surface area (Å²) in [6.45, 7) is 0.882. The summed E-state index contributed by atoms with van der Waals surface area (Å²) in [4.78, 5) is 12.3. The van der Waals surface area contributed by atoms with Crippen molar-refractivity contribution < 1.29 is 9.90 Å². The minimum atomic E-state index is -0.227. The second kappa shape index (κ2) is 7.02. The number of aliphatic hydroxyl groups excluding tert-OH is 1. The summed E-state index contributed by atoms with van der Waals surface area (Å²) in [6.07, 6.45) is 0.847. The van der Waals surface area contributed by atoms with Crippen molar-refractivity contribution in [3.63, 3.8) is 0 Å². The monoisotopic (exact) mass is 340 g/mol. The highest BCUT2D eigenvalue weighted by molar-refractivity contribution is 14.1. The number of urea groups is 1. The van der Waals surface area contributed by atoms with Crippen molar-refractivity contribution in [2.24, 2.45) is 0 Å². The SMILES string of the molecule is O=C(NCCO)NCCc1ccc(I)s1. The number of thiophene rings is 1. The molecule has 0 bridgehead atoms. The molecule has 0 atom stereocenters. The molecule has 0 spiro atoms. The lowest BCUT2D eigenvalue weighted by Gasteiger charge is -2.04. The molecular weight excluding hydrogens is 327 g/mol. The van der Waals surface area contributed by atoms with E-state index in [-0.39, 0.29) is 12.6 Å². The topological polar surface area (TPSA) is 61.4 Å². The fourth-order valence-corrected chi connectivity index (χ4v) is 2.77. The van der Waals surface area contributed by atoms with E-state index in [0.717, 1.165) is 6.42 Å². The Balaban J connectivity index is 2.13. The summed E-state index contributed by atoms with van der Waals surface area (Å²) in [5.41, 5.74) is 0. The van der Waals surface area contributed by atoms with Gasteiger partial charge in [0.05, 0.1) is 9.49 Å². The molecule has 0 radical (unpaired) electrons. The molecule has 0 saturated heterocycles. The van der Waals surface area contributed by atoms with Crippen LogP contribution in [0.3, 0.4) is 0 Å². The van der Waals surface area contributed by atoms with E-state index in [1.165, 1.54) is 7.76 Å². The first-order valence-corrected chi connectivity index (χ1v) is 6.48. The van der Waals surface area contributed by atoms with Crippen LogP contribution in [0.1, 0.15) is 4.88 Å². The molecule has 1 aromatic heterocycles. The van der Waals surface area contributed by atoms with Crippen LogP contribution in [-0.4, -0.2) is 30.8 Å². The fourth-order valence-electron chi connectivity index (χ4n) is 1.02. The summed E-state index contributed by atoms with van der Waals surface area (Å²) in [5, 5.41) is 13.7. The van der Waals surface area contributed by atoms with Crippen LogP contribution in [0.2, 0.25) is 0 Å². The lowest BCUT2D eigenvalue weighted by atomic mass is 10.3. The Morgan fingerprint density at radius 1 is 1.40 bits per heavy atom. The van der Waals surface area contributed by atoms with Gasteiger partial charge in [-0.1, -0.05) is 0 Å². The molecule has 0 aliphatic heterocycles. The number of amides is 2. The molecule has 0 fully saturated rings. The minimum absolute atomic E-state index is 0.0312. The lowest BCUT2D eigenvalue weighted by Crippen LogP contribution is -2.37. The molecule has 0 aromatic carbocycles. The molecule has 1 aromatic rings. The summed E-state index contributed by atoms with van der Waals surface area (Å²) in [5.74, 6) is 0. The van der Waals surface area contributed by atoms with Crippen LogP contribution >= 0.6 is 33.9 Å². The van der Waals surface area contributed by atoms with Gasteiger partial charge in [0, 0.05) is 18.0 Å². The van der Waals surface area contributed by atoms with E-state index in [1.54, 1.807) is 11.3 Å². The molecule has 0 aliphatic rings. The molecule has 0 aliphatic carbocycles. The van der Waals surface area contributed by atoms with Crippen LogP contribution < -0.4 is 10.6 Å². The largest absolute Gasteiger partial charge is 0.395 e. The molecule has 3 N–H and O–H groups in total. The average molecular weight is 340 g/mol. The highest BCUT2D eigenvalue weighted by Crippen LogP contribution is 2.18. The molecule has 4 nitrogen and oxygen atoms in total. The second-order valence-electron chi connectivity index (χ2n) is 2.86. The number of halogens is 1. The second-order valence-corrected chi connectivity index (χ2v) is 5.92. The normalized spacial score (nSPS) is 10.0. The predicted octanol–water partition coefficient (Wildman–Crippen LogP) is 1.19. The fraction of sp³-hybridized carbons (Fsp3) is 0.444. The zero-order valence-electron chi connectivity index (χ0n) is 8.12. The van der Waals surface area contributed by atoms with E-state index in [9.17, 15) is 4.79 Å². The summed E-state index contributed by atoms with van der Waals surface area (Å²) in [6, 6.07) is 3.90. The van der Waals surface area contributed by atoms with Gasteiger partial charge in [-0.05, 0) is 41.1 Å². The van der Waals surface area contributed by atoms with Crippen molar-refractivity contribution in [3.8, 4) is 0 Å². The van der Waals surface area contributed by atoms with E-state index in [2.05, 4.69) is 45.4 Å². The van der Waals surface area contributed by atoms with Crippen LogP contribution in [0.25, 0.3) is 0 Å². The average Bonchev–Trinajstić information content (AvgIpc) is 2.61. The van der Waals surface area contributed by atoms with Crippen LogP contribution in [0.15, 0.2) is 12.1 Å². The molecule has 6 heteroatoms. The van der Waals surface area contributed by atoms with Crippen molar-refractivity contribution >= 4 is 40.0 Å². The first-order chi connectivity index (χ1) is 7.22.